The highest BCUT2D eigenvalue weighted by atomic mass is 35.5. The van der Waals surface area contributed by atoms with Crippen LogP contribution in [0.2, 0.25) is 5.02 Å². The maximum absolute atomic E-state index is 5.90. The van der Waals surface area contributed by atoms with Crippen LogP contribution in [0.3, 0.4) is 0 Å². The van der Waals surface area contributed by atoms with Crippen molar-refractivity contribution < 1.29 is 0 Å². The third kappa shape index (κ3) is 4.28. The molecule has 20 heavy (non-hydrogen) atoms. The molecule has 0 aliphatic rings. The highest BCUT2D eigenvalue weighted by molar-refractivity contribution is 6.30. The van der Waals surface area contributed by atoms with Crippen molar-refractivity contribution >= 4 is 17.3 Å². The number of benzene rings is 2. The van der Waals surface area contributed by atoms with E-state index < -0.39 is 0 Å². The molecule has 1 nitrogen and oxygen atoms in total. The summed E-state index contributed by atoms with van der Waals surface area (Å²) >= 11 is 5.90. The van der Waals surface area contributed by atoms with Crippen LogP contribution in [0.1, 0.15) is 37.8 Å². The van der Waals surface area contributed by atoms with E-state index in [0.717, 1.165) is 11.4 Å². The van der Waals surface area contributed by atoms with Crippen molar-refractivity contribution in [2.45, 2.75) is 39.2 Å². The minimum atomic E-state index is 0.390. The van der Waals surface area contributed by atoms with Gasteiger partial charge in [0.15, 0.2) is 0 Å². The first-order valence-corrected chi connectivity index (χ1v) is 7.53. The van der Waals surface area contributed by atoms with Crippen LogP contribution in [0.25, 0.3) is 0 Å². The van der Waals surface area contributed by atoms with Gasteiger partial charge in [0.2, 0.25) is 0 Å². The first-order chi connectivity index (χ1) is 9.54. The summed E-state index contributed by atoms with van der Waals surface area (Å²) in [5, 5.41) is 4.33. The second-order valence-corrected chi connectivity index (χ2v) is 6.09. The monoisotopic (exact) mass is 287 g/mol. The lowest BCUT2D eigenvalue weighted by Gasteiger charge is -2.16. The van der Waals surface area contributed by atoms with E-state index >= 15 is 0 Å². The van der Waals surface area contributed by atoms with Crippen LogP contribution in [-0.4, -0.2) is 6.04 Å². The molecule has 2 aromatic carbocycles. The molecule has 1 unspecified atom stereocenters. The van der Waals surface area contributed by atoms with Crippen LogP contribution in [0.15, 0.2) is 48.5 Å². The van der Waals surface area contributed by atoms with Crippen molar-refractivity contribution in [2.75, 3.05) is 5.32 Å². The van der Waals surface area contributed by atoms with E-state index in [2.05, 4.69) is 62.5 Å². The molecule has 2 aromatic rings. The molecular weight excluding hydrogens is 266 g/mol. The van der Waals surface area contributed by atoms with Gasteiger partial charge in [0.25, 0.3) is 0 Å². The van der Waals surface area contributed by atoms with Gasteiger partial charge in [-0.1, -0.05) is 49.7 Å². The number of halogens is 1. The van der Waals surface area contributed by atoms with E-state index in [1.165, 1.54) is 16.8 Å². The van der Waals surface area contributed by atoms with Gasteiger partial charge < -0.3 is 5.32 Å². The number of anilines is 1. The Labute approximate surface area is 127 Å². The van der Waals surface area contributed by atoms with Crippen molar-refractivity contribution in [1.29, 1.82) is 0 Å². The zero-order chi connectivity index (χ0) is 14.5. The van der Waals surface area contributed by atoms with E-state index in [1.807, 2.05) is 12.1 Å². The summed E-state index contributed by atoms with van der Waals surface area (Å²) in [6.45, 7) is 6.63. The van der Waals surface area contributed by atoms with Crippen LogP contribution in [-0.2, 0) is 6.42 Å². The molecule has 1 atom stereocenters. The average molecular weight is 288 g/mol. The molecule has 0 spiro atoms. The van der Waals surface area contributed by atoms with Gasteiger partial charge in [0, 0.05) is 16.8 Å². The van der Waals surface area contributed by atoms with Gasteiger partial charge in [-0.15, -0.1) is 0 Å². The third-order valence-electron chi connectivity index (χ3n) is 3.45. The molecule has 106 valence electrons. The summed E-state index contributed by atoms with van der Waals surface area (Å²) in [4.78, 5) is 0. The highest BCUT2D eigenvalue weighted by Gasteiger charge is 2.04. The number of hydrogen-bond donors (Lipinski definition) is 1. The fraction of sp³-hybridized carbons (Fsp3) is 0.333. The summed E-state index contributed by atoms with van der Waals surface area (Å²) in [6.07, 6.45) is 0.989. The molecule has 0 heterocycles. The summed E-state index contributed by atoms with van der Waals surface area (Å²) in [5.74, 6) is 0.579. The largest absolute Gasteiger partial charge is 0.382 e. The Hall–Kier alpha value is -1.47. The van der Waals surface area contributed by atoms with Crippen molar-refractivity contribution in [2.24, 2.45) is 0 Å². The van der Waals surface area contributed by atoms with Crippen molar-refractivity contribution in [3.8, 4) is 0 Å². The number of nitrogens with one attached hydrogen (secondary N) is 1. The van der Waals surface area contributed by atoms with Gasteiger partial charge in [-0.05, 0) is 54.7 Å². The topological polar surface area (TPSA) is 12.0 Å². The Balaban J connectivity index is 1.93. The van der Waals surface area contributed by atoms with Crippen molar-refractivity contribution in [3.63, 3.8) is 0 Å². The molecule has 2 heteroatoms. The standard InChI is InChI=1S/C18H22ClN/c1-13(2)16-6-10-18(11-7-16)20-14(3)12-15-4-8-17(19)9-5-15/h4-11,13-14,20H,12H2,1-3H3. The van der Waals surface area contributed by atoms with E-state index in [-0.39, 0.29) is 0 Å². The highest BCUT2D eigenvalue weighted by Crippen LogP contribution is 2.18. The summed E-state index contributed by atoms with van der Waals surface area (Å²) in [7, 11) is 0. The van der Waals surface area contributed by atoms with E-state index in [9.17, 15) is 0 Å². The maximum atomic E-state index is 5.90. The van der Waals surface area contributed by atoms with E-state index in [0.29, 0.717) is 12.0 Å². The molecule has 0 radical (unpaired) electrons. The van der Waals surface area contributed by atoms with Crippen LogP contribution in [0, 0.1) is 0 Å². The van der Waals surface area contributed by atoms with Gasteiger partial charge in [-0.2, -0.15) is 0 Å². The molecule has 0 saturated carbocycles. The second-order valence-electron chi connectivity index (χ2n) is 5.65. The SMILES string of the molecule is CC(Cc1ccc(Cl)cc1)Nc1ccc(C(C)C)cc1. The molecular formula is C18H22ClN. The molecule has 2 rings (SSSR count). The van der Waals surface area contributed by atoms with Crippen LogP contribution >= 0.6 is 11.6 Å². The maximum Gasteiger partial charge on any atom is 0.0406 e. The van der Waals surface area contributed by atoms with E-state index in [1.54, 1.807) is 0 Å². The fourth-order valence-electron chi connectivity index (χ4n) is 2.27. The van der Waals surface area contributed by atoms with Gasteiger partial charge in [-0.3, -0.25) is 0 Å². The molecule has 1 N–H and O–H groups in total. The average Bonchev–Trinajstić information content (AvgIpc) is 2.42. The van der Waals surface area contributed by atoms with Gasteiger partial charge >= 0.3 is 0 Å². The number of rotatable bonds is 5. The van der Waals surface area contributed by atoms with E-state index in [4.69, 9.17) is 11.6 Å². The quantitative estimate of drug-likeness (QED) is 0.765. The van der Waals surface area contributed by atoms with Crippen molar-refractivity contribution in [3.05, 3.63) is 64.7 Å². The fourth-order valence-corrected chi connectivity index (χ4v) is 2.40. The Morgan fingerprint density at radius 2 is 1.50 bits per heavy atom. The zero-order valence-electron chi connectivity index (χ0n) is 12.4. The Bertz CT molecular complexity index is 528. The first-order valence-electron chi connectivity index (χ1n) is 7.15. The second kappa shape index (κ2) is 6.81. The van der Waals surface area contributed by atoms with Crippen LogP contribution < -0.4 is 5.32 Å². The predicted octanol–water partition coefficient (Wildman–Crippen LogP) is 5.51. The van der Waals surface area contributed by atoms with Gasteiger partial charge in [-0.25, -0.2) is 0 Å². The first kappa shape index (κ1) is 14.9. The molecule has 0 amide bonds. The Morgan fingerprint density at radius 1 is 0.900 bits per heavy atom. The molecule has 0 aliphatic carbocycles. The number of hydrogen-bond acceptors (Lipinski definition) is 1. The lowest BCUT2D eigenvalue weighted by molar-refractivity contribution is 0.790. The van der Waals surface area contributed by atoms with Crippen molar-refractivity contribution in [1.82, 2.24) is 0 Å². The molecule has 0 bridgehead atoms. The minimum absolute atomic E-state index is 0.390. The predicted molar refractivity (Wildman–Crippen MR) is 88.8 cm³/mol. The lowest BCUT2D eigenvalue weighted by atomic mass is 10.0. The zero-order valence-corrected chi connectivity index (χ0v) is 13.1. The normalized spacial score (nSPS) is 12.4. The third-order valence-corrected chi connectivity index (χ3v) is 3.70. The minimum Gasteiger partial charge on any atom is -0.382 e. The summed E-state index contributed by atoms with van der Waals surface area (Å²) in [5.41, 5.74) is 3.85. The molecule has 0 saturated heterocycles. The Kier molecular flexibility index (Phi) is 5.08. The lowest BCUT2D eigenvalue weighted by Crippen LogP contribution is -2.17. The van der Waals surface area contributed by atoms with Gasteiger partial charge in [0.05, 0.1) is 0 Å². The van der Waals surface area contributed by atoms with Crippen LogP contribution in [0.4, 0.5) is 5.69 Å². The van der Waals surface area contributed by atoms with Crippen LogP contribution in [0.5, 0.6) is 0 Å². The summed E-state index contributed by atoms with van der Waals surface area (Å²) in [6, 6.07) is 17.2. The smallest absolute Gasteiger partial charge is 0.0406 e. The molecule has 0 fully saturated rings. The van der Waals surface area contributed by atoms with Gasteiger partial charge in [0.1, 0.15) is 0 Å². The molecule has 0 aliphatic heterocycles. The Morgan fingerprint density at radius 3 is 2.05 bits per heavy atom. The molecule has 0 aromatic heterocycles. The summed E-state index contributed by atoms with van der Waals surface area (Å²) < 4.78 is 0.